The Morgan fingerprint density at radius 1 is 1.07 bits per heavy atom. The minimum Gasteiger partial charge on any atom is -0.456 e. The molecular formula is C21H31N3O5. The molecule has 0 fully saturated rings. The van der Waals surface area contributed by atoms with Gasteiger partial charge in [0.1, 0.15) is 0 Å². The van der Waals surface area contributed by atoms with Gasteiger partial charge in [0.2, 0.25) is 0 Å². The van der Waals surface area contributed by atoms with E-state index in [1.54, 1.807) is 19.1 Å². The highest BCUT2D eigenvalue weighted by Crippen LogP contribution is 2.22. The Morgan fingerprint density at radius 2 is 1.69 bits per heavy atom. The summed E-state index contributed by atoms with van der Waals surface area (Å²) < 4.78 is 4.79. The molecule has 0 aromatic heterocycles. The maximum absolute atomic E-state index is 12.1. The molecule has 0 saturated heterocycles. The number of amides is 4. The molecule has 0 radical (unpaired) electrons. The van der Waals surface area contributed by atoms with Crippen molar-refractivity contribution in [2.75, 3.05) is 13.2 Å². The molecule has 160 valence electrons. The van der Waals surface area contributed by atoms with Gasteiger partial charge in [-0.1, -0.05) is 39.8 Å². The first-order valence-electron chi connectivity index (χ1n) is 9.67. The Morgan fingerprint density at radius 3 is 2.24 bits per heavy atom. The Kier molecular flexibility index (Phi) is 9.31. The summed E-state index contributed by atoms with van der Waals surface area (Å²) in [5.41, 5.74) is 1.62. The first-order chi connectivity index (χ1) is 13.5. The normalized spacial score (nSPS) is 11.9. The van der Waals surface area contributed by atoms with Crippen molar-refractivity contribution in [2.24, 2.45) is 0 Å². The lowest BCUT2D eigenvalue weighted by molar-refractivity contribution is -0.148. The van der Waals surface area contributed by atoms with Crippen molar-refractivity contribution < 1.29 is 23.9 Å². The van der Waals surface area contributed by atoms with E-state index in [0.29, 0.717) is 5.56 Å². The zero-order valence-corrected chi connectivity index (χ0v) is 17.8. The Labute approximate surface area is 171 Å². The summed E-state index contributed by atoms with van der Waals surface area (Å²) in [5, 5.41) is 7.27. The molecule has 3 N–H and O–H groups in total. The lowest BCUT2D eigenvalue weighted by Gasteiger charge is -2.19. The summed E-state index contributed by atoms with van der Waals surface area (Å²) in [6, 6.07) is 6.58. The van der Waals surface area contributed by atoms with Crippen LogP contribution in [-0.2, 0) is 19.7 Å². The van der Waals surface area contributed by atoms with Crippen LogP contribution in [0.5, 0.6) is 0 Å². The van der Waals surface area contributed by atoms with Crippen LogP contribution in [0.15, 0.2) is 24.3 Å². The van der Waals surface area contributed by atoms with Gasteiger partial charge >= 0.3 is 12.0 Å². The second-order valence-corrected chi connectivity index (χ2v) is 7.82. The fourth-order valence-corrected chi connectivity index (χ4v) is 2.24. The summed E-state index contributed by atoms with van der Waals surface area (Å²) >= 11 is 0. The Hall–Kier alpha value is -2.90. The van der Waals surface area contributed by atoms with E-state index >= 15 is 0 Å². The molecule has 8 nitrogen and oxygen atoms in total. The first kappa shape index (κ1) is 24.1. The molecule has 1 atom stereocenters. The van der Waals surface area contributed by atoms with E-state index in [4.69, 9.17) is 4.74 Å². The van der Waals surface area contributed by atoms with Crippen molar-refractivity contribution in [3.05, 3.63) is 35.4 Å². The number of ether oxygens (including phenoxy) is 1. The highest BCUT2D eigenvalue weighted by atomic mass is 16.5. The Balaban J connectivity index is 2.30. The molecule has 0 aliphatic carbocycles. The van der Waals surface area contributed by atoms with Crippen LogP contribution in [0, 0.1) is 0 Å². The largest absolute Gasteiger partial charge is 0.456 e. The van der Waals surface area contributed by atoms with Gasteiger partial charge in [-0.3, -0.25) is 19.7 Å². The topological polar surface area (TPSA) is 114 Å². The van der Waals surface area contributed by atoms with Crippen LogP contribution in [0.2, 0.25) is 0 Å². The first-order valence-corrected chi connectivity index (χ1v) is 9.67. The number of carbonyl (C=O) groups is 4. The summed E-state index contributed by atoms with van der Waals surface area (Å²) in [6.07, 6.45) is 0.640. The molecule has 0 aliphatic rings. The minimum atomic E-state index is -0.720. The van der Waals surface area contributed by atoms with Gasteiger partial charge in [0.15, 0.2) is 6.61 Å². The molecule has 0 aliphatic heterocycles. The van der Waals surface area contributed by atoms with Crippen molar-refractivity contribution in [1.82, 2.24) is 16.0 Å². The standard InChI is InChI=1S/C21H31N3O5/c1-6-14(2)23-20(28)24-17(25)13-29-18(26)11-12-22-19(27)15-7-9-16(10-8-15)21(3,4)5/h7-10,14H,6,11-13H2,1-5H3,(H,22,27)(H2,23,24,25,28)/t14-/m0/s1. The van der Waals surface area contributed by atoms with Crippen LogP contribution in [-0.4, -0.2) is 43.0 Å². The monoisotopic (exact) mass is 405 g/mol. The average Bonchev–Trinajstić information content (AvgIpc) is 2.65. The van der Waals surface area contributed by atoms with Gasteiger partial charge in [-0.15, -0.1) is 0 Å². The maximum atomic E-state index is 12.1. The number of urea groups is 1. The van der Waals surface area contributed by atoms with Gasteiger partial charge in [0.25, 0.3) is 11.8 Å². The minimum absolute atomic E-state index is 0.0000201. The SMILES string of the molecule is CC[C@H](C)NC(=O)NC(=O)COC(=O)CCNC(=O)c1ccc(C(C)(C)C)cc1. The third-order valence-electron chi connectivity index (χ3n) is 4.23. The summed E-state index contributed by atoms with van der Waals surface area (Å²) in [7, 11) is 0. The number of nitrogens with one attached hydrogen (secondary N) is 3. The zero-order chi connectivity index (χ0) is 22.0. The molecule has 4 amide bonds. The predicted octanol–water partition coefficient (Wildman–Crippen LogP) is 2.27. The second kappa shape index (κ2) is 11.2. The number of esters is 1. The van der Waals surface area contributed by atoms with Gasteiger partial charge in [-0.25, -0.2) is 4.79 Å². The average molecular weight is 405 g/mol. The second-order valence-electron chi connectivity index (χ2n) is 7.82. The van der Waals surface area contributed by atoms with Crippen LogP contribution < -0.4 is 16.0 Å². The molecule has 29 heavy (non-hydrogen) atoms. The van der Waals surface area contributed by atoms with E-state index in [1.165, 1.54) is 0 Å². The van der Waals surface area contributed by atoms with Crippen molar-refractivity contribution in [2.45, 2.75) is 58.9 Å². The lowest BCUT2D eigenvalue weighted by atomic mass is 9.87. The summed E-state index contributed by atoms with van der Waals surface area (Å²) in [4.78, 5) is 46.9. The highest BCUT2D eigenvalue weighted by Gasteiger charge is 2.15. The molecule has 0 bridgehead atoms. The third kappa shape index (κ3) is 9.23. The number of hydrogen-bond donors (Lipinski definition) is 3. The molecule has 0 heterocycles. The molecule has 1 aromatic carbocycles. The molecule has 1 aromatic rings. The number of rotatable bonds is 8. The van der Waals surface area contributed by atoms with Crippen LogP contribution in [0.3, 0.4) is 0 Å². The van der Waals surface area contributed by atoms with E-state index in [9.17, 15) is 19.2 Å². The Bertz CT molecular complexity index is 723. The van der Waals surface area contributed by atoms with E-state index in [0.717, 1.165) is 12.0 Å². The van der Waals surface area contributed by atoms with Crippen LogP contribution in [0.4, 0.5) is 4.79 Å². The highest BCUT2D eigenvalue weighted by molar-refractivity contribution is 5.96. The van der Waals surface area contributed by atoms with Crippen molar-refractivity contribution in [3.63, 3.8) is 0 Å². The zero-order valence-electron chi connectivity index (χ0n) is 17.8. The van der Waals surface area contributed by atoms with Crippen LogP contribution >= 0.6 is 0 Å². The van der Waals surface area contributed by atoms with Gasteiger partial charge in [0.05, 0.1) is 6.42 Å². The summed E-state index contributed by atoms with van der Waals surface area (Å²) in [6.45, 7) is 9.49. The third-order valence-corrected chi connectivity index (χ3v) is 4.23. The van der Waals surface area contributed by atoms with E-state index < -0.39 is 24.5 Å². The fraction of sp³-hybridized carbons (Fsp3) is 0.524. The van der Waals surface area contributed by atoms with Crippen molar-refractivity contribution >= 4 is 23.8 Å². The van der Waals surface area contributed by atoms with Crippen molar-refractivity contribution in [3.8, 4) is 0 Å². The molecule has 0 unspecified atom stereocenters. The van der Waals surface area contributed by atoms with E-state index in [-0.39, 0.29) is 30.3 Å². The summed E-state index contributed by atoms with van der Waals surface area (Å²) in [5.74, 6) is -1.66. The molecule has 1 rings (SSSR count). The molecular weight excluding hydrogens is 374 g/mol. The quantitative estimate of drug-likeness (QED) is 0.574. The molecule has 8 heteroatoms. The lowest BCUT2D eigenvalue weighted by Crippen LogP contribution is -2.44. The van der Waals surface area contributed by atoms with Gasteiger partial charge in [0, 0.05) is 18.2 Å². The predicted molar refractivity (Wildman–Crippen MR) is 109 cm³/mol. The van der Waals surface area contributed by atoms with Gasteiger partial charge in [-0.05, 0) is 36.5 Å². The maximum Gasteiger partial charge on any atom is 0.321 e. The van der Waals surface area contributed by atoms with Crippen molar-refractivity contribution in [1.29, 1.82) is 0 Å². The van der Waals surface area contributed by atoms with E-state index in [1.807, 2.05) is 19.1 Å². The van der Waals surface area contributed by atoms with Gasteiger partial charge < -0.3 is 15.4 Å². The van der Waals surface area contributed by atoms with E-state index in [2.05, 4.69) is 36.7 Å². The smallest absolute Gasteiger partial charge is 0.321 e. The number of hydrogen-bond acceptors (Lipinski definition) is 5. The van der Waals surface area contributed by atoms with Crippen LogP contribution in [0.25, 0.3) is 0 Å². The molecule has 0 spiro atoms. The fourth-order valence-electron chi connectivity index (χ4n) is 2.24. The number of imide groups is 1. The number of benzene rings is 1. The number of carbonyl (C=O) groups excluding carboxylic acids is 4. The van der Waals surface area contributed by atoms with Gasteiger partial charge in [-0.2, -0.15) is 0 Å². The van der Waals surface area contributed by atoms with Crippen LogP contribution in [0.1, 0.15) is 63.4 Å². The molecule has 0 saturated carbocycles.